The van der Waals surface area contributed by atoms with E-state index in [0.717, 1.165) is 31.4 Å². The summed E-state index contributed by atoms with van der Waals surface area (Å²) in [6.45, 7) is 5.39. The lowest BCUT2D eigenvalue weighted by Gasteiger charge is -2.28. The predicted octanol–water partition coefficient (Wildman–Crippen LogP) is 2.14. The van der Waals surface area contributed by atoms with Crippen LogP contribution in [0.3, 0.4) is 0 Å². The summed E-state index contributed by atoms with van der Waals surface area (Å²) in [6, 6.07) is 6.71. The highest BCUT2D eigenvalue weighted by Gasteiger charge is 2.28. The summed E-state index contributed by atoms with van der Waals surface area (Å²) in [5.41, 5.74) is 4.59. The SMILES string of the molecule is CC(C)S(=O)(=O)c1ccc(CC(=O)N2CCn3nc4c(c3C2)CCC4)cc1. The van der Waals surface area contributed by atoms with Crippen LogP contribution < -0.4 is 0 Å². The van der Waals surface area contributed by atoms with E-state index in [0.29, 0.717) is 24.4 Å². The van der Waals surface area contributed by atoms with Crippen LogP contribution in [0.25, 0.3) is 0 Å². The molecule has 1 aliphatic carbocycles. The average molecular weight is 388 g/mol. The number of carbonyl (C=O) groups excluding carboxylic acids is 1. The van der Waals surface area contributed by atoms with Crippen LogP contribution in [0, 0.1) is 0 Å². The van der Waals surface area contributed by atoms with E-state index in [1.807, 2.05) is 4.90 Å². The third kappa shape index (κ3) is 3.29. The van der Waals surface area contributed by atoms with Crippen LogP contribution >= 0.6 is 0 Å². The summed E-state index contributed by atoms with van der Waals surface area (Å²) in [6.07, 6.45) is 3.57. The maximum absolute atomic E-state index is 12.8. The van der Waals surface area contributed by atoms with E-state index in [2.05, 4.69) is 9.78 Å². The van der Waals surface area contributed by atoms with Crippen molar-refractivity contribution in [2.45, 2.75) is 62.8 Å². The molecule has 6 nitrogen and oxygen atoms in total. The van der Waals surface area contributed by atoms with Gasteiger partial charge in [0.25, 0.3) is 0 Å². The molecule has 1 aromatic carbocycles. The summed E-state index contributed by atoms with van der Waals surface area (Å²) in [5, 5.41) is 4.22. The first-order valence-corrected chi connectivity index (χ1v) is 11.1. The third-order valence-corrected chi connectivity index (χ3v) is 7.76. The Morgan fingerprint density at radius 1 is 1.15 bits per heavy atom. The lowest BCUT2D eigenvalue weighted by atomic mass is 10.1. The first-order chi connectivity index (χ1) is 12.9. The van der Waals surface area contributed by atoms with E-state index in [1.165, 1.54) is 17.0 Å². The molecule has 0 bridgehead atoms. The predicted molar refractivity (Wildman–Crippen MR) is 102 cm³/mol. The zero-order valence-electron chi connectivity index (χ0n) is 15.8. The van der Waals surface area contributed by atoms with Gasteiger partial charge >= 0.3 is 0 Å². The van der Waals surface area contributed by atoms with E-state index >= 15 is 0 Å². The van der Waals surface area contributed by atoms with Gasteiger partial charge in [0.05, 0.1) is 41.0 Å². The Bertz CT molecular complexity index is 975. The van der Waals surface area contributed by atoms with Crippen molar-refractivity contribution in [2.24, 2.45) is 0 Å². The number of fused-ring (bicyclic) bond motifs is 3. The molecule has 0 N–H and O–H groups in total. The summed E-state index contributed by atoms with van der Waals surface area (Å²) >= 11 is 0. The second kappa shape index (κ2) is 6.78. The zero-order chi connectivity index (χ0) is 19.2. The number of nitrogens with zero attached hydrogens (tertiary/aromatic N) is 3. The molecule has 0 spiro atoms. The number of amides is 1. The molecule has 4 rings (SSSR count). The van der Waals surface area contributed by atoms with E-state index in [9.17, 15) is 13.2 Å². The van der Waals surface area contributed by atoms with Crippen molar-refractivity contribution in [3.63, 3.8) is 0 Å². The lowest BCUT2D eigenvalue weighted by molar-refractivity contribution is -0.132. The van der Waals surface area contributed by atoms with Gasteiger partial charge in [-0.05, 0) is 56.4 Å². The molecule has 0 saturated heterocycles. The maximum atomic E-state index is 12.8. The Morgan fingerprint density at radius 2 is 1.89 bits per heavy atom. The van der Waals surface area contributed by atoms with Gasteiger partial charge in [0.2, 0.25) is 5.91 Å². The maximum Gasteiger partial charge on any atom is 0.227 e. The van der Waals surface area contributed by atoms with E-state index in [1.54, 1.807) is 38.1 Å². The largest absolute Gasteiger partial charge is 0.335 e. The molecule has 0 atom stereocenters. The highest BCUT2D eigenvalue weighted by molar-refractivity contribution is 7.92. The number of sulfone groups is 1. The number of rotatable bonds is 4. The molecule has 2 aromatic rings. The quantitative estimate of drug-likeness (QED) is 0.806. The molecule has 2 heterocycles. The molecule has 0 radical (unpaired) electrons. The first kappa shape index (κ1) is 18.2. The Kier molecular flexibility index (Phi) is 4.58. The van der Waals surface area contributed by atoms with Crippen molar-refractivity contribution >= 4 is 15.7 Å². The van der Waals surface area contributed by atoms with Gasteiger partial charge in [-0.3, -0.25) is 9.48 Å². The summed E-state index contributed by atoms with van der Waals surface area (Å²) in [4.78, 5) is 15.0. The van der Waals surface area contributed by atoms with Gasteiger partial charge < -0.3 is 4.90 Å². The summed E-state index contributed by atoms with van der Waals surface area (Å²) < 4.78 is 26.5. The Morgan fingerprint density at radius 3 is 2.59 bits per heavy atom. The van der Waals surface area contributed by atoms with Crippen LogP contribution in [0.2, 0.25) is 0 Å². The second-order valence-electron chi connectivity index (χ2n) is 7.68. The Balaban J connectivity index is 1.45. The summed E-state index contributed by atoms with van der Waals surface area (Å²) in [5.74, 6) is 0.0775. The Hall–Kier alpha value is -2.15. The van der Waals surface area contributed by atoms with Crippen LogP contribution in [-0.2, 0) is 47.0 Å². The van der Waals surface area contributed by atoms with Gasteiger partial charge in [0.15, 0.2) is 9.84 Å². The normalized spacial score (nSPS) is 16.5. The van der Waals surface area contributed by atoms with Crippen molar-refractivity contribution in [3.8, 4) is 0 Å². The Labute approximate surface area is 160 Å². The fraction of sp³-hybridized carbons (Fsp3) is 0.500. The van der Waals surface area contributed by atoms with Gasteiger partial charge in [0, 0.05) is 6.54 Å². The molecule has 27 heavy (non-hydrogen) atoms. The number of hydrogen-bond acceptors (Lipinski definition) is 4. The fourth-order valence-corrected chi connectivity index (χ4v) is 4.98. The molecular formula is C20H25N3O3S. The van der Waals surface area contributed by atoms with Crippen molar-refractivity contribution in [1.29, 1.82) is 0 Å². The van der Waals surface area contributed by atoms with Crippen molar-refractivity contribution in [1.82, 2.24) is 14.7 Å². The van der Waals surface area contributed by atoms with Crippen LogP contribution in [0.4, 0.5) is 0 Å². The molecule has 1 aliphatic heterocycles. The fourth-order valence-electron chi connectivity index (χ4n) is 3.92. The molecule has 144 valence electrons. The number of benzene rings is 1. The van der Waals surface area contributed by atoms with Crippen molar-refractivity contribution in [2.75, 3.05) is 6.54 Å². The molecule has 2 aliphatic rings. The summed E-state index contributed by atoms with van der Waals surface area (Å²) in [7, 11) is -3.28. The molecule has 1 aromatic heterocycles. The topological polar surface area (TPSA) is 72.3 Å². The highest BCUT2D eigenvalue weighted by Crippen LogP contribution is 2.28. The number of aryl methyl sites for hydroxylation is 1. The minimum Gasteiger partial charge on any atom is -0.335 e. The van der Waals surface area contributed by atoms with Gasteiger partial charge in [-0.25, -0.2) is 8.42 Å². The molecule has 7 heteroatoms. The molecular weight excluding hydrogens is 362 g/mol. The minimum atomic E-state index is -3.28. The number of aromatic nitrogens is 2. The molecule has 0 unspecified atom stereocenters. The lowest BCUT2D eigenvalue weighted by Crippen LogP contribution is -2.39. The molecule has 0 saturated carbocycles. The van der Waals surface area contributed by atoms with Crippen LogP contribution in [0.1, 0.15) is 42.8 Å². The zero-order valence-corrected chi connectivity index (χ0v) is 16.6. The van der Waals surface area contributed by atoms with Crippen LogP contribution in [0.5, 0.6) is 0 Å². The molecule has 1 amide bonds. The van der Waals surface area contributed by atoms with Crippen molar-refractivity contribution < 1.29 is 13.2 Å². The average Bonchev–Trinajstić information content (AvgIpc) is 3.22. The van der Waals surface area contributed by atoms with Gasteiger partial charge in [-0.15, -0.1) is 0 Å². The number of carbonyl (C=O) groups is 1. The first-order valence-electron chi connectivity index (χ1n) is 9.54. The second-order valence-corrected chi connectivity index (χ2v) is 10.2. The number of hydrogen-bond donors (Lipinski definition) is 0. The van der Waals surface area contributed by atoms with Crippen LogP contribution in [-0.4, -0.2) is 40.8 Å². The van der Waals surface area contributed by atoms with E-state index in [-0.39, 0.29) is 5.91 Å². The van der Waals surface area contributed by atoms with E-state index < -0.39 is 15.1 Å². The van der Waals surface area contributed by atoms with Gasteiger partial charge in [-0.1, -0.05) is 12.1 Å². The minimum absolute atomic E-state index is 0.0775. The smallest absolute Gasteiger partial charge is 0.227 e. The highest BCUT2D eigenvalue weighted by atomic mass is 32.2. The van der Waals surface area contributed by atoms with Gasteiger partial charge in [0.1, 0.15) is 0 Å². The standard InChI is InChI=1S/C20H25N3O3S/c1-14(2)27(25,26)16-8-6-15(7-9-16)12-20(24)22-10-11-23-19(13-22)17-4-3-5-18(17)21-23/h6-9,14H,3-5,10-13H2,1-2H3. The van der Waals surface area contributed by atoms with Crippen molar-refractivity contribution in [3.05, 3.63) is 46.8 Å². The van der Waals surface area contributed by atoms with Gasteiger partial charge in [-0.2, -0.15) is 5.10 Å². The third-order valence-electron chi connectivity index (χ3n) is 5.59. The van der Waals surface area contributed by atoms with E-state index in [4.69, 9.17) is 0 Å². The molecule has 0 fully saturated rings. The van der Waals surface area contributed by atoms with Crippen LogP contribution in [0.15, 0.2) is 29.2 Å². The monoisotopic (exact) mass is 387 g/mol.